The molecule has 1 atom stereocenters. The van der Waals surface area contributed by atoms with E-state index < -0.39 is 0 Å². The van der Waals surface area contributed by atoms with Gasteiger partial charge in [0.1, 0.15) is 5.75 Å². The summed E-state index contributed by atoms with van der Waals surface area (Å²) < 4.78 is 5.17. The van der Waals surface area contributed by atoms with E-state index in [4.69, 9.17) is 4.74 Å². The molecule has 2 aromatic carbocycles. The first-order chi connectivity index (χ1) is 13.8. The number of carbonyl (C=O) groups excluding carboxylic acids is 2. The summed E-state index contributed by atoms with van der Waals surface area (Å²) in [6, 6.07) is 11.6. The van der Waals surface area contributed by atoms with Gasteiger partial charge in [-0.25, -0.2) is 0 Å². The zero-order valence-corrected chi connectivity index (χ0v) is 18.0. The number of aryl methyl sites for hydroxylation is 2. The van der Waals surface area contributed by atoms with Crippen LogP contribution in [0, 0.1) is 20.8 Å². The summed E-state index contributed by atoms with van der Waals surface area (Å²) in [6.45, 7) is 9.75. The van der Waals surface area contributed by atoms with E-state index in [0.717, 1.165) is 33.6 Å². The van der Waals surface area contributed by atoms with E-state index in [-0.39, 0.29) is 17.9 Å². The third-order valence-corrected chi connectivity index (χ3v) is 5.80. The Hall–Kier alpha value is -2.82. The van der Waals surface area contributed by atoms with Crippen LogP contribution < -0.4 is 4.74 Å². The molecule has 1 aliphatic heterocycles. The molecular weight excluding hydrogens is 364 g/mol. The van der Waals surface area contributed by atoms with Gasteiger partial charge in [0.25, 0.3) is 5.91 Å². The summed E-state index contributed by atoms with van der Waals surface area (Å²) in [6.07, 6.45) is 0.362. The SMILES string of the molecule is COc1ccc(CC(=O)N2CCN(C(=O)c3cc(C)cc(C)c3C)[C@@H](C)C2)cc1. The lowest BCUT2D eigenvalue weighted by atomic mass is 9.98. The predicted octanol–water partition coefficient (Wildman–Crippen LogP) is 3.54. The average molecular weight is 395 g/mol. The predicted molar refractivity (Wildman–Crippen MR) is 114 cm³/mol. The van der Waals surface area contributed by atoms with Crippen molar-refractivity contribution in [3.8, 4) is 5.75 Å². The van der Waals surface area contributed by atoms with Crippen LogP contribution in [0.15, 0.2) is 36.4 Å². The topological polar surface area (TPSA) is 49.9 Å². The maximum absolute atomic E-state index is 13.2. The number of ether oxygens (including phenoxy) is 1. The van der Waals surface area contributed by atoms with Gasteiger partial charge < -0.3 is 14.5 Å². The van der Waals surface area contributed by atoms with Crippen LogP contribution in [0.25, 0.3) is 0 Å². The molecule has 2 amide bonds. The fourth-order valence-corrected chi connectivity index (χ4v) is 3.93. The highest BCUT2D eigenvalue weighted by atomic mass is 16.5. The number of hydrogen-bond acceptors (Lipinski definition) is 3. The first kappa shape index (κ1) is 20.9. The maximum atomic E-state index is 13.2. The van der Waals surface area contributed by atoms with Gasteiger partial charge in [-0.05, 0) is 62.6 Å². The average Bonchev–Trinajstić information content (AvgIpc) is 2.70. The Balaban J connectivity index is 1.65. The van der Waals surface area contributed by atoms with Crippen molar-refractivity contribution in [1.82, 2.24) is 9.80 Å². The standard InChI is InChI=1S/C24H30N2O3/c1-16-12-17(2)19(4)22(13-16)24(28)26-11-10-25(15-18(26)3)23(27)14-20-6-8-21(29-5)9-7-20/h6-9,12-13,18H,10-11,14-15H2,1-5H3/t18-/m0/s1. The number of rotatable bonds is 4. The van der Waals surface area contributed by atoms with Gasteiger partial charge in [-0.1, -0.05) is 23.8 Å². The molecule has 154 valence electrons. The van der Waals surface area contributed by atoms with E-state index in [2.05, 4.69) is 6.07 Å². The fraction of sp³-hybridized carbons (Fsp3) is 0.417. The van der Waals surface area contributed by atoms with Gasteiger partial charge in [-0.2, -0.15) is 0 Å². The molecule has 0 saturated carbocycles. The molecule has 0 unspecified atom stereocenters. The van der Waals surface area contributed by atoms with Gasteiger partial charge in [0.15, 0.2) is 0 Å². The van der Waals surface area contributed by atoms with Crippen molar-refractivity contribution >= 4 is 11.8 Å². The third-order valence-electron chi connectivity index (χ3n) is 5.80. The largest absolute Gasteiger partial charge is 0.497 e. The van der Waals surface area contributed by atoms with Crippen molar-refractivity contribution in [2.24, 2.45) is 0 Å². The molecular formula is C24H30N2O3. The monoisotopic (exact) mass is 394 g/mol. The van der Waals surface area contributed by atoms with Crippen LogP contribution in [0.4, 0.5) is 0 Å². The van der Waals surface area contributed by atoms with Crippen LogP contribution in [0.3, 0.4) is 0 Å². The Labute approximate surface area is 173 Å². The lowest BCUT2D eigenvalue weighted by Gasteiger charge is -2.40. The molecule has 1 fully saturated rings. The number of methoxy groups -OCH3 is 1. The van der Waals surface area contributed by atoms with Gasteiger partial charge in [-0.3, -0.25) is 9.59 Å². The molecule has 0 bridgehead atoms. The summed E-state index contributed by atoms with van der Waals surface area (Å²) in [5.41, 5.74) is 5.00. The van der Waals surface area contributed by atoms with Gasteiger partial charge in [-0.15, -0.1) is 0 Å². The second kappa shape index (κ2) is 8.68. The summed E-state index contributed by atoms with van der Waals surface area (Å²) in [5, 5.41) is 0. The zero-order chi connectivity index (χ0) is 21.1. The molecule has 1 heterocycles. The van der Waals surface area contributed by atoms with Crippen molar-refractivity contribution < 1.29 is 14.3 Å². The zero-order valence-electron chi connectivity index (χ0n) is 18.0. The Morgan fingerprint density at radius 2 is 1.76 bits per heavy atom. The first-order valence-electron chi connectivity index (χ1n) is 10.1. The van der Waals surface area contributed by atoms with Crippen molar-refractivity contribution in [1.29, 1.82) is 0 Å². The number of amides is 2. The van der Waals surface area contributed by atoms with Crippen LogP contribution >= 0.6 is 0 Å². The number of hydrogen-bond donors (Lipinski definition) is 0. The number of carbonyl (C=O) groups is 2. The number of benzene rings is 2. The van der Waals surface area contributed by atoms with E-state index in [9.17, 15) is 9.59 Å². The molecule has 0 aliphatic carbocycles. The highest BCUT2D eigenvalue weighted by Gasteiger charge is 2.31. The summed E-state index contributed by atoms with van der Waals surface area (Å²) in [4.78, 5) is 29.7. The van der Waals surface area contributed by atoms with Crippen LogP contribution in [-0.2, 0) is 11.2 Å². The second-order valence-corrected chi connectivity index (χ2v) is 7.97. The van der Waals surface area contributed by atoms with Gasteiger partial charge >= 0.3 is 0 Å². The number of nitrogens with zero attached hydrogens (tertiary/aromatic N) is 2. The van der Waals surface area contributed by atoms with Crippen molar-refractivity contribution in [3.05, 3.63) is 64.2 Å². The molecule has 5 nitrogen and oxygen atoms in total. The lowest BCUT2D eigenvalue weighted by molar-refractivity contribution is -0.132. The van der Waals surface area contributed by atoms with Crippen LogP contribution in [0.1, 0.15) is 39.5 Å². The molecule has 0 radical (unpaired) electrons. The molecule has 29 heavy (non-hydrogen) atoms. The fourth-order valence-electron chi connectivity index (χ4n) is 3.93. The molecule has 0 aromatic heterocycles. The quantitative estimate of drug-likeness (QED) is 0.797. The summed E-state index contributed by atoms with van der Waals surface area (Å²) >= 11 is 0. The highest BCUT2D eigenvalue weighted by Crippen LogP contribution is 2.21. The van der Waals surface area contributed by atoms with Crippen molar-refractivity contribution in [3.63, 3.8) is 0 Å². The second-order valence-electron chi connectivity index (χ2n) is 7.97. The molecule has 0 N–H and O–H groups in total. The van der Waals surface area contributed by atoms with E-state index >= 15 is 0 Å². The minimum absolute atomic E-state index is 0.0173. The maximum Gasteiger partial charge on any atom is 0.254 e. The van der Waals surface area contributed by atoms with Crippen LogP contribution in [-0.4, -0.2) is 54.4 Å². The number of piperazine rings is 1. The highest BCUT2D eigenvalue weighted by molar-refractivity contribution is 5.96. The Kier molecular flexibility index (Phi) is 6.26. The molecule has 1 saturated heterocycles. The molecule has 2 aromatic rings. The molecule has 0 spiro atoms. The normalized spacial score (nSPS) is 16.7. The summed E-state index contributed by atoms with van der Waals surface area (Å²) in [7, 11) is 1.63. The Bertz CT molecular complexity index is 905. The Morgan fingerprint density at radius 3 is 2.38 bits per heavy atom. The minimum Gasteiger partial charge on any atom is -0.497 e. The third kappa shape index (κ3) is 4.61. The Morgan fingerprint density at radius 1 is 1.07 bits per heavy atom. The smallest absolute Gasteiger partial charge is 0.254 e. The van der Waals surface area contributed by atoms with E-state index in [1.165, 1.54) is 0 Å². The van der Waals surface area contributed by atoms with E-state index in [1.807, 2.05) is 67.8 Å². The van der Waals surface area contributed by atoms with Crippen molar-refractivity contribution in [2.75, 3.05) is 26.7 Å². The molecule has 1 aliphatic rings. The van der Waals surface area contributed by atoms with Crippen LogP contribution in [0.5, 0.6) is 5.75 Å². The van der Waals surface area contributed by atoms with E-state index in [1.54, 1.807) is 7.11 Å². The minimum atomic E-state index is -0.0173. The van der Waals surface area contributed by atoms with Crippen LogP contribution in [0.2, 0.25) is 0 Å². The summed E-state index contributed by atoms with van der Waals surface area (Å²) in [5.74, 6) is 0.935. The molecule has 5 heteroatoms. The molecule has 3 rings (SSSR count). The van der Waals surface area contributed by atoms with E-state index in [0.29, 0.717) is 26.1 Å². The van der Waals surface area contributed by atoms with Gasteiger partial charge in [0, 0.05) is 31.2 Å². The van der Waals surface area contributed by atoms with Gasteiger partial charge in [0.2, 0.25) is 5.91 Å². The van der Waals surface area contributed by atoms with Gasteiger partial charge in [0.05, 0.1) is 13.5 Å². The lowest BCUT2D eigenvalue weighted by Crippen LogP contribution is -2.55. The van der Waals surface area contributed by atoms with Crippen molar-refractivity contribution in [2.45, 2.75) is 40.2 Å². The first-order valence-corrected chi connectivity index (χ1v) is 10.1.